The summed E-state index contributed by atoms with van der Waals surface area (Å²) in [5.41, 5.74) is 0.964. The molecule has 2 N–H and O–H groups in total. The highest BCUT2D eigenvalue weighted by Gasteiger charge is 2.17. The number of aryl methyl sites for hydroxylation is 1. The SMILES string of the molecule is CC(O)CCc1ccc(Cl)c(NC(=O)OC(C)(C)C)c1. The van der Waals surface area contributed by atoms with E-state index >= 15 is 0 Å². The maximum atomic E-state index is 11.7. The molecule has 1 aromatic carbocycles. The summed E-state index contributed by atoms with van der Waals surface area (Å²) >= 11 is 6.05. The van der Waals surface area contributed by atoms with E-state index in [4.69, 9.17) is 16.3 Å². The number of carbonyl (C=O) groups is 1. The summed E-state index contributed by atoms with van der Waals surface area (Å²) in [6.07, 6.45) is 0.491. The predicted molar refractivity (Wildman–Crippen MR) is 81.3 cm³/mol. The van der Waals surface area contributed by atoms with Gasteiger partial charge in [0.15, 0.2) is 0 Å². The van der Waals surface area contributed by atoms with E-state index < -0.39 is 11.7 Å². The van der Waals surface area contributed by atoms with Gasteiger partial charge in [-0.3, -0.25) is 5.32 Å². The van der Waals surface area contributed by atoms with Crippen LogP contribution in [0.4, 0.5) is 10.5 Å². The van der Waals surface area contributed by atoms with Gasteiger partial charge in [-0.2, -0.15) is 0 Å². The number of rotatable bonds is 4. The number of benzene rings is 1. The number of hydrogen-bond acceptors (Lipinski definition) is 3. The number of ether oxygens (including phenoxy) is 1. The minimum absolute atomic E-state index is 0.354. The maximum absolute atomic E-state index is 11.7. The molecule has 0 aliphatic carbocycles. The molecule has 0 fully saturated rings. The summed E-state index contributed by atoms with van der Waals surface area (Å²) in [6.45, 7) is 7.14. The molecule has 1 unspecified atom stereocenters. The lowest BCUT2D eigenvalue weighted by atomic mass is 10.1. The summed E-state index contributed by atoms with van der Waals surface area (Å²) in [4.78, 5) is 11.7. The molecule has 5 heteroatoms. The van der Waals surface area contributed by atoms with Crippen molar-refractivity contribution < 1.29 is 14.6 Å². The molecule has 0 aromatic heterocycles. The third kappa shape index (κ3) is 6.26. The Labute approximate surface area is 125 Å². The molecule has 20 heavy (non-hydrogen) atoms. The molecule has 0 saturated carbocycles. The molecule has 1 aromatic rings. The Kier molecular flexibility index (Phi) is 5.84. The fourth-order valence-corrected chi connectivity index (χ4v) is 1.78. The van der Waals surface area contributed by atoms with Crippen molar-refractivity contribution in [2.75, 3.05) is 5.32 Å². The molecule has 0 saturated heterocycles. The first-order chi connectivity index (χ1) is 9.17. The van der Waals surface area contributed by atoms with E-state index in [0.29, 0.717) is 17.1 Å². The fraction of sp³-hybridized carbons (Fsp3) is 0.533. The number of amides is 1. The molecule has 112 valence electrons. The molecule has 0 aliphatic heterocycles. The number of nitrogens with one attached hydrogen (secondary N) is 1. The Balaban J connectivity index is 2.73. The summed E-state index contributed by atoms with van der Waals surface area (Å²) in [5.74, 6) is 0. The van der Waals surface area contributed by atoms with Gasteiger partial charge < -0.3 is 9.84 Å². The van der Waals surface area contributed by atoms with Gasteiger partial charge in [0, 0.05) is 0 Å². The van der Waals surface area contributed by atoms with Crippen molar-refractivity contribution in [3.63, 3.8) is 0 Å². The Hall–Kier alpha value is -1.26. The van der Waals surface area contributed by atoms with Gasteiger partial charge >= 0.3 is 6.09 Å². The van der Waals surface area contributed by atoms with E-state index in [2.05, 4.69) is 5.32 Å². The number of carbonyl (C=O) groups excluding carboxylic acids is 1. The van der Waals surface area contributed by atoms with Crippen LogP contribution in [0.3, 0.4) is 0 Å². The number of aliphatic hydroxyl groups is 1. The summed E-state index contributed by atoms with van der Waals surface area (Å²) in [5, 5.41) is 12.4. The van der Waals surface area contributed by atoms with Crippen molar-refractivity contribution in [1.29, 1.82) is 0 Å². The van der Waals surface area contributed by atoms with Crippen LogP contribution in [0.2, 0.25) is 5.02 Å². The molecule has 1 rings (SSSR count). The zero-order valence-corrected chi connectivity index (χ0v) is 13.1. The average molecular weight is 300 g/mol. The second-order valence-corrected chi connectivity index (χ2v) is 6.24. The Bertz CT molecular complexity index is 467. The van der Waals surface area contributed by atoms with Gasteiger partial charge in [-0.15, -0.1) is 0 Å². The quantitative estimate of drug-likeness (QED) is 0.883. The molecular formula is C15H22ClNO3. The molecular weight excluding hydrogens is 278 g/mol. The zero-order chi connectivity index (χ0) is 15.3. The van der Waals surface area contributed by atoms with E-state index in [1.807, 2.05) is 6.07 Å². The van der Waals surface area contributed by atoms with Gasteiger partial charge in [0.2, 0.25) is 0 Å². The molecule has 0 aliphatic rings. The van der Waals surface area contributed by atoms with Crippen LogP contribution in [0.15, 0.2) is 18.2 Å². The van der Waals surface area contributed by atoms with Gasteiger partial charge in [0.05, 0.1) is 16.8 Å². The van der Waals surface area contributed by atoms with Crippen molar-refractivity contribution in [2.45, 2.75) is 52.2 Å². The molecule has 1 amide bonds. The summed E-state index contributed by atoms with van der Waals surface area (Å²) in [6, 6.07) is 5.41. The molecule has 0 bridgehead atoms. The Morgan fingerprint density at radius 1 is 1.45 bits per heavy atom. The van der Waals surface area contributed by atoms with E-state index in [9.17, 15) is 9.90 Å². The molecule has 1 atom stereocenters. The number of aliphatic hydroxyl groups excluding tert-OH is 1. The van der Waals surface area contributed by atoms with Crippen molar-refractivity contribution in [2.24, 2.45) is 0 Å². The van der Waals surface area contributed by atoms with E-state index in [0.717, 1.165) is 12.0 Å². The zero-order valence-electron chi connectivity index (χ0n) is 12.4. The minimum atomic E-state index is -0.555. The Morgan fingerprint density at radius 3 is 2.65 bits per heavy atom. The molecule has 0 heterocycles. The van der Waals surface area contributed by atoms with Gasteiger partial charge in [-0.25, -0.2) is 4.79 Å². The van der Waals surface area contributed by atoms with Crippen LogP contribution in [0.5, 0.6) is 0 Å². The average Bonchev–Trinajstić information content (AvgIpc) is 2.27. The van der Waals surface area contributed by atoms with Gasteiger partial charge in [0.25, 0.3) is 0 Å². The molecule has 0 radical (unpaired) electrons. The van der Waals surface area contributed by atoms with Crippen molar-refractivity contribution in [1.82, 2.24) is 0 Å². The van der Waals surface area contributed by atoms with Gasteiger partial charge in [-0.1, -0.05) is 17.7 Å². The number of halogens is 1. The highest BCUT2D eigenvalue weighted by molar-refractivity contribution is 6.33. The third-order valence-electron chi connectivity index (χ3n) is 2.52. The normalized spacial score (nSPS) is 12.9. The van der Waals surface area contributed by atoms with Crippen LogP contribution in [-0.2, 0) is 11.2 Å². The predicted octanol–water partition coefficient (Wildman–Crippen LogP) is 4.00. The second-order valence-electron chi connectivity index (χ2n) is 5.83. The first-order valence-corrected chi connectivity index (χ1v) is 7.01. The number of hydrogen-bond donors (Lipinski definition) is 2. The first-order valence-electron chi connectivity index (χ1n) is 6.64. The van der Waals surface area contributed by atoms with E-state index in [-0.39, 0.29) is 6.10 Å². The van der Waals surface area contributed by atoms with E-state index in [1.54, 1.807) is 39.8 Å². The largest absolute Gasteiger partial charge is 0.444 e. The highest BCUT2D eigenvalue weighted by Crippen LogP contribution is 2.24. The van der Waals surface area contributed by atoms with Crippen molar-refractivity contribution in [3.05, 3.63) is 28.8 Å². The van der Waals surface area contributed by atoms with Crippen LogP contribution in [0.1, 0.15) is 39.7 Å². The second kappa shape index (κ2) is 6.95. The Morgan fingerprint density at radius 2 is 2.10 bits per heavy atom. The van der Waals surface area contributed by atoms with Crippen molar-refractivity contribution >= 4 is 23.4 Å². The van der Waals surface area contributed by atoms with Crippen LogP contribution in [0, 0.1) is 0 Å². The lowest BCUT2D eigenvalue weighted by Crippen LogP contribution is -2.27. The lowest BCUT2D eigenvalue weighted by molar-refractivity contribution is 0.0636. The first kappa shape index (κ1) is 16.8. The minimum Gasteiger partial charge on any atom is -0.444 e. The molecule has 4 nitrogen and oxygen atoms in total. The highest BCUT2D eigenvalue weighted by atomic mass is 35.5. The fourth-order valence-electron chi connectivity index (χ4n) is 1.61. The third-order valence-corrected chi connectivity index (χ3v) is 2.85. The smallest absolute Gasteiger partial charge is 0.412 e. The van der Waals surface area contributed by atoms with Gasteiger partial charge in [0.1, 0.15) is 5.60 Å². The van der Waals surface area contributed by atoms with Crippen LogP contribution in [-0.4, -0.2) is 22.9 Å². The summed E-state index contributed by atoms with van der Waals surface area (Å²) in [7, 11) is 0. The van der Waals surface area contributed by atoms with E-state index in [1.165, 1.54) is 0 Å². The standard InChI is InChI=1S/C15H22ClNO3/c1-10(18)5-6-11-7-8-12(16)13(9-11)17-14(19)20-15(2,3)4/h7-10,18H,5-6H2,1-4H3,(H,17,19). The molecule has 0 spiro atoms. The lowest BCUT2D eigenvalue weighted by Gasteiger charge is -2.20. The maximum Gasteiger partial charge on any atom is 0.412 e. The topological polar surface area (TPSA) is 58.6 Å². The monoisotopic (exact) mass is 299 g/mol. The van der Waals surface area contributed by atoms with Crippen LogP contribution < -0.4 is 5.32 Å². The van der Waals surface area contributed by atoms with Crippen LogP contribution in [0.25, 0.3) is 0 Å². The van der Waals surface area contributed by atoms with Crippen molar-refractivity contribution in [3.8, 4) is 0 Å². The van der Waals surface area contributed by atoms with Gasteiger partial charge in [-0.05, 0) is 58.2 Å². The number of anilines is 1. The van der Waals surface area contributed by atoms with Crippen LogP contribution >= 0.6 is 11.6 Å². The summed E-state index contributed by atoms with van der Waals surface area (Å²) < 4.78 is 5.19.